The van der Waals surface area contributed by atoms with Gasteiger partial charge in [0.15, 0.2) is 0 Å². The number of ether oxygens (including phenoxy) is 1. The molecule has 3 aromatic rings. The van der Waals surface area contributed by atoms with E-state index in [1.165, 1.54) is 17.7 Å². The molecule has 1 saturated heterocycles. The van der Waals surface area contributed by atoms with Gasteiger partial charge in [-0.05, 0) is 98.0 Å². The van der Waals surface area contributed by atoms with Gasteiger partial charge in [0.05, 0.1) is 24.8 Å². The molecule has 46 heavy (non-hydrogen) atoms. The number of aliphatic hydroxyl groups excluding tert-OH is 1. The van der Waals surface area contributed by atoms with Crippen LogP contribution in [0.4, 0.5) is 8.78 Å². The molecule has 3 atom stereocenters. The van der Waals surface area contributed by atoms with E-state index in [9.17, 15) is 23.5 Å². The minimum atomic E-state index is -1.07. The van der Waals surface area contributed by atoms with Crippen LogP contribution in [0.25, 0.3) is 0 Å². The van der Waals surface area contributed by atoms with E-state index in [1.807, 2.05) is 13.0 Å². The Labute approximate surface area is 276 Å². The minimum Gasteiger partial charge on any atom is -0.390 e. The van der Waals surface area contributed by atoms with Gasteiger partial charge in [0.2, 0.25) is 0 Å². The zero-order valence-corrected chi connectivity index (χ0v) is 27.5. The van der Waals surface area contributed by atoms with Crippen LogP contribution in [0.3, 0.4) is 0 Å². The highest BCUT2D eigenvalue weighted by atomic mass is 35.5. The molecule has 7 nitrogen and oxygen atoms in total. The third kappa shape index (κ3) is 8.50. The van der Waals surface area contributed by atoms with Crippen LogP contribution >= 0.6 is 12.4 Å². The van der Waals surface area contributed by atoms with Gasteiger partial charge in [0.25, 0.3) is 11.8 Å². The van der Waals surface area contributed by atoms with Crippen molar-refractivity contribution in [2.45, 2.75) is 76.1 Å². The van der Waals surface area contributed by atoms with Crippen molar-refractivity contribution in [1.82, 2.24) is 15.5 Å². The number of amides is 2. The topological polar surface area (TPSA) is 90.9 Å². The van der Waals surface area contributed by atoms with E-state index in [2.05, 4.69) is 35.8 Å². The van der Waals surface area contributed by atoms with Crippen molar-refractivity contribution in [2.24, 2.45) is 0 Å². The summed E-state index contributed by atoms with van der Waals surface area (Å²) in [5.74, 6) is -2.11. The van der Waals surface area contributed by atoms with Gasteiger partial charge in [-0.3, -0.25) is 9.59 Å². The largest absolute Gasteiger partial charge is 0.390 e. The first kappa shape index (κ1) is 35.5. The molecule has 2 aliphatic rings. The first-order valence-electron chi connectivity index (χ1n) is 15.8. The Balaban J connectivity index is 0.00000480. The summed E-state index contributed by atoms with van der Waals surface area (Å²) in [6.07, 6.45) is 3.44. The number of hydrogen-bond acceptors (Lipinski definition) is 5. The Hall–Kier alpha value is -3.37. The van der Waals surface area contributed by atoms with Crippen LogP contribution in [-0.2, 0) is 23.1 Å². The van der Waals surface area contributed by atoms with Crippen molar-refractivity contribution in [3.8, 4) is 0 Å². The third-order valence-corrected chi connectivity index (χ3v) is 9.03. The Kier molecular flexibility index (Phi) is 11.9. The average molecular weight is 656 g/mol. The molecule has 1 aliphatic carbocycles. The smallest absolute Gasteiger partial charge is 0.254 e. The SMILES string of the molecule is CCc1cccc(C2(NC[C@@H](O)[C@H](Cc3cc(F)cc(F)c3)NC(=O)c3cc(C)cc(C(=O)N4CCC[C@@H]4COC)c3)CC2)c1.Cl. The maximum absolute atomic E-state index is 14.1. The van der Waals surface area contributed by atoms with E-state index >= 15 is 0 Å². The molecule has 248 valence electrons. The maximum Gasteiger partial charge on any atom is 0.254 e. The van der Waals surface area contributed by atoms with Gasteiger partial charge < -0.3 is 25.4 Å². The fourth-order valence-electron chi connectivity index (χ4n) is 6.41. The third-order valence-electron chi connectivity index (χ3n) is 9.03. The first-order chi connectivity index (χ1) is 21.6. The lowest BCUT2D eigenvalue weighted by Crippen LogP contribution is -2.50. The summed E-state index contributed by atoms with van der Waals surface area (Å²) < 4.78 is 33.5. The highest BCUT2D eigenvalue weighted by Crippen LogP contribution is 2.45. The zero-order valence-electron chi connectivity index (χ0n) is 26.7. The Bertz CT molecular complexity index is 1510. The van der Waals surface area contributed by atoms with Crippen molar-refractivity contribution >= 4 is 24.2 Å². The van der Waals surface area contributed by atoms with Crippen molar-refractivity contribution < 1.29 is 28.2 Å². The monoisotopic (exact) mass is 655 g/mol. The highest BCUT2D eigenvalue weighted by Gasteiger charge is 2.44. The predicted molar refractivity (Wildman–Crippen MR) is 176 cm³/mol. The Morgan fingerprint density at radius 2 is 1.76 bits per heavy atom. The molecular weight excluding hydrogens is 612 g/mol. The van der Waals surface area contributed by atoms with Crippen molar-refractivity contribution in [3.05, 3.63) is 106 Å². The van der Waals surface area contributed by atoms with E-state index in [4.69, 9.17) is 4.74 Å². The zero-order chi connectivity index (χ0) is 32.1. The van der Waals surface area contributed by atoms with Crippen molar-refractivity contribution in [3.63, 3.8) is 0 Å². The number of rotatable bonds is 13. The number of methoxy groups -OCH3 is 1. The van der Waals surface area contributed by atoms with Gasteiger partial charge in [0.1, 0.15) is 11.6 Å². The second kappa shape index (κ2) is 15.5. The molecule has 10 heteroatoms. The summed E-state index contributed by atoms with van der Waals surface area (Å²) in [6.45, 7) is 5.16. The van der Waals surface area contributed by atoms with E-state index < -0.39 is 29.7 Å². The molecule has 0 aromatic heterocycles. The number of aliphatic hydroxyl groups is 1. The summed E-state index contributed by atoms with van der Waals surface area (Å²) in [7, 11) is 1.61. The molecule has 1 aliphatic heterocycles. The van der Waals surface area contributed by atoms with Crippen molar-refractivity contribution in [2.75, 3.05) is 26.8 Å². The molecule has 5 rings (SSSR count). The lowest BCUT2D eigenvalue weighted by Gasteiger charge is -2.28. The van der Waals surface area contributed by atoms with E-state index in [0.29, 0.717) is 24.3 Å². The van der Waals surface area contributed by atoms with Crippen LogP contribution < -0.4 is 10.6 Å². The average Bonchev–Trinajstić information content (AvgIpc) is 3.68. The fourth-order valence-corrected chi connectivity index (χ4v) is 6.41. The molecule has 2 amide bonds. The van der Waals surface area contributed by atoms with Crippen LogP contribution in [-0.4, -0.2) is 66.8 Å². The predicted octanol–water partition coefficient (Wildman–Crippen LogP) is 5.49. The summed E-state index contributed by atoms with van der Waals surface area (Å²) in [4.78, 5) is 28.9. The van der Waals surface area contributed by atoms with Gasteiger partial charge in [-0.1, -0.05) is 31.2 Å². The number of nitrogens with zero attached hydrogens (tertiary/aromatic N) is 1. The summed E-state index contributed by atoms with van der Waals surface area (Å²) >= 11 is 0. The van der Waals surface area contributed by atoms with Gasteiger partial charge in [0, 0.05) is 42.9 Å². The lowest BCUT2D eigenvalue weighted by atomic mass is 9.97. The van der Waals surface area contributed by atoms with Crippen LogP contribution in [0.5, 0.6) is 0 Å². The molecule has 1 heterocycles. The van der Waals surface area contributed by atoms with Gasteiger partial charge >= 0.3 is 0 Å². The number of benzene rings is 3. The number of carbonyl (C=O) groups excluding carboxylic acids is 2. The van der Waals surface area contributed by atoms with E-state index in [1.54, 1.807) is 30.2 Å². The second-order valence-electron chi connectivity index (χ2n) is 12.5. The molecule has 0 bridgehead atoms. The number of carbonyl (C=O) groups is 2. The number of nitrogens with one attached hydrogen (secondary N) is 2. The molecule has 2 fully saturated rings. The van der Waals surface area contributed by atoms with E-state index in [-0.39, 0.29) is 48.4 Å². The molecule has 0 radical (unpaired) electrons. The van der Waals surface area contributed by atoms with Gasteiger partial charge in [-0.15, -0.1) is 12.4 Å². The van der Waals surface area contributed by atoms with E-state index in [0.717, 1.165) is 49.3 Å². The Morgan fingerprint density at radius 1 is 1.04 bits per heavy atom. The van der Waals surface area contributed by atoms with Gasteiger partial charge in [-0.25, -0.2) is 8.78 Å². The molecule has 0 unspecified atom stereocenters. The summed E-state index contributed by atoms with van der Waals surface area (Å²) in [6, 6.07) is 15.7. The van der Waals surface area contributed by atoms with Crippen LogP contribution in [0.2, 0.25) is 0 Å². The summed E-state index contributed by atoms with van der Waals surface area (Å²) in [5.41, 5.74) is 3.86. The normalized spacial score (nSPS) is 18.0. The lowest BCUT2D eigenvalue weighted by molar-refractivity contribution is 0.0630. The Morgan fingerprint density at radius 3 is 2.43 bits per heavy atom. The molecule has 1 saturated carbocycles. The summed E-state index contributed by atoms with van der Waals surface area (Å²) in [5, 5.41) is 17.8. The molecule has 0 spiro atoms. The minimum absolute atomic E-state index is 0. The highest BCUT2D eigenvalue weighted by molar-refractivity contribution is 6.00. The number of halogens is 3. The van der Waals surface area contributed by atoms with Crippen LogP contribution in [0.1, 0.15) is 75.6 Å². The number of likely N-dealkylation sites (tertiary alicyclic amines) is 1. The molecular formula is C36H44ClF2N3O4. The number of aryl methyl sites for hydroxylation is 2. The van der Waals surface area contributed by atoms with Crippen LogP contribution in [0, 0.1) is 18.6 Å². The number of hydrogen-bond donors (Lipinski definition) is 3. The second-order valence-corrected chi connectivity index (χ2v) is 12.5. The quantitative estimate of drug-likeness (QED) is 0.227. The standard InChI is InChI=1S/C36H43F2N3O4.ClH/c1-4-24-7-5-8-28(15-24)36(10-11-36)39-21-33(42)32(18-25-16-29(37)20-30(38)17-25)40-34(43)26-13-23(2)14-27(19-26)35(44)41-12-6-9-31(41)22-45-3;/h5,7-8,13-17,19-20,31-33,39,42H,4,6,9-12,18,21-22H2,1-3H3,(H,40,43);1H/t31-,32+,33-;/m1./s1. The van der Waals surface area contributed by atoms with Crippen LogP contribution in [0.15, 0.2) is 60.7 Å². The first-order valence-corrected chi connectivity index (χ1v) is 15.8. The molecule has 3 N–H and O–H groups in total. The molecule has 3 aromatic carbocycles. The maximum atomic E-state index is 14.1. The van der Waals surface area contributed by atoms with Gasteiger partial charge in [-0.2, -0.15) is 0 Å². The van der Waals surface area contributed by atoms with Crippen molar-refractivity contribution in [1.29, 1.82) is 0 Å². The fraction of sp³-hybridized carbons (Fsp3) is 0.444.